The van der Waals surface area contributed by atoms with E-state index in [1.165, 1.54) is 25.1 Å². The summed E-state index contributed by atoms with van der Waals surface area (Å²) in [7, 11) is 0. The van der Waals surface area contributed by atoms with E-state index in [-0.39, 0.29) is 18.4 Å². The number of halogens is 3. The summed E-state index contributed by atoms with van der Waals surface area (Å²) in [4.78, 5) is 10.9. The fourth-order valence-corrected chi connectivity index (χ4v) is 2.33. The van der Waals surface area contributed by atoms with Crippen LogP contribution in [-0.4, -0.2) is 17.1 Å². The molecule has 21 heavy (non-hydrogen) atoms. The molecule has 2 N–H and O–H groups in total. The lowest BCUT2D eigenvalue weighted by atomic mass is 9.85. The first-order valence-corrected chi connectivity index (χ1v) is 6.84. The lowest BCUT2D eigenvalue weighted by Gasteiger charge is -2.32. The second kappa shape index (κ2) is 6.83. The summed E-state index contributed by atoms with van der Waals surface area (Å²) in [6, 6.07) is 5.60. The lowest BCUT2D eigenvalue weighted by molar-refractivity contribution is -0.0249. The molecule has 1 rings (SSSR count). The van der Waals surface area contributed by atoms with E-state index in [9.17, 15) is 18.0 Å². The number of alkyl halides is 2. The van der Waals surface area contributed by atoms with Crippen molar-refractivity contribution in [1.82, 2.24) is 5.32 Å². The molecule has 1 aromatic rings. The number of nitrogens with one attached hydrogen (secondary N) is 1. The molecule has 1 atom stereocenters. The van der Waals surface area contributed by atoms with Gasteiger partial charge in [0.2, 0.25) is 5.92 Å². The lowest BCUT2D eigenvalue weighted by Crippen LogP contribution is -2.44. The van der Waals surface area contributed by atoms with Gasteiger partial charge in [0, 0.05) is 18.4 Å². The average Bonchev–Trinajstić information content (AvgIpc) is 2.36. The predicted octanol–water partition coefficient (Wildman–Crippen LogP) is 4.52. The van der Waals surface area contributed by atoms with Crippen molar-refractivity contribution in [3.8, 4) is 0 Å². The summed E-state index contributed by atoms with van der Waals surface area (Å²) in [6.07, 6.45) is -2.01. The molecule has 1 unspecified atom stereocenters. The van der Waals surface area contributed by atoms with E-state index in [0.717, 1.165) is 0 Å². The number of rotatable bonds is 7. The molecule has 6 heteroatoms. The molecule has 0 aliphatic heterocycles. The first-order valence-electron chi connectivity index (χ1n) is 6.84. The second-order valence-electron chi connectivity index (χ2n) is 5.35. The van der Waals surface area contributed by atoms with E-state index in [1.54, 1.807) is 13.0 Å². The Kier molecular flexibility index (Phi) is 5.63. The van der Waals surface area contributed by atoms with Crippen LogP contribution in [-0.2, 0) is 5.54 Å². The highest BCUT2D eigenvalue weighted by Gasteiger charge is 2.36. The molecule has 0 saturated carbocycles. The predicted molar refractivity (Wildman–Crippen MR) is 74.0 cm³/mol. The zero-order valence-electron chi connectivity index (χ0n) is 12.1. The number of hydrogen-bond acceptors (Lipinski definition) is 1. The Bertz CT molecular complexity index is 494. The first kappa shape index (κ1) is 17.3. The molecule has 0 aliphatic rings. The highest BCUT2D eigenvalue weighted by Crippen LogP contribution is 2.34. The van der Waals surface area contributed by atoms with Crippen LogP contribution in [0.5, 0.6) is 0 Å². The standard InChI is InChI=1S/C15H20F3NO2/c1-3-8-15(17,18)10-9-14(2,19-13(20)21)11-6-4-5-7-12(11)16/h4-7,19H,3,8-10H2,1-2H3,(H,20,21). The SMILES string of the molecule is CCCC(F)(F)CCC(C)(NC(=O)O)c1ccccc1F. The smallest absolute Gasteiger partial charge is 0.405 e. The summed E-state index contributed by atoms with van der Waals surface area (Å²) >= 11 is 0. The third-order valence-electron chi connectivity index (χ3n) is 3.46. The number of benzene rings is 1. The number of carbonyl (C=O) groups is 1. The largest absolute Gasteiger partial charge is 0.465 e. The quantitative estimate of drug-likeness (QED) is 0.778. The first-order chi connectivity index (χ1) is 9.70. The van der Waals surface area contributed by atoms with Crippen molar-refractivity contribution >= 4 is 6.09 Å². The molecule has 1 aromatic carbocycles. The van der Waals surface area contributed by atoms with Crippen molar-refractivity contribution < 1.29 is 23.1 Å². The number of amides is 1. The van der Waals surface area contributed by atoms with Crippen molar-refractivity contribution in [2.24, 2.45) is 0 Å². The van der Waals surface area contributed by atoms with E-state index in [0.29, 0.717) is 6.42 Å². The Hall–Kier alpha value is -1.72. The zero-order valence-corrected chi connectivity index (χ0v) is 12.1. The fraction of sp³-hybridized carbons (Fsp3) is 0.533. The molecular formula is C15H20F3NO2. The normalized spacial score (nSPS) is 14.5. The third-order valence-corrected chi connectivity index (χ3v) is 3.46. The van der Waals surface area contributed by atoms with Gasteiger partial charge in [0.25, 0.3) is 0 Å². The van der Waals surface area contributed by atoms with Crippen LogP contribution in [0.25, 0.3) is 0 Å². The Morgan fingerprint density at radius 3 is 2.38 bits per heavy atom. The molecule has 3 nitrogen and oxygen atoms in total. The summed E-state index contributed by atoms with van der Waals surface area (Å²) < 4.78 is 41.2. The number of carboxylic acid groups (broad SMARTS) is 1. The van der Waals surface area contributed by atoms with Gasteiger partial charge in [-0.15, -0.1) is 0 Å². The highest BCUT2D eigenvalue weighted by molar-refractivity contribution is 5.66. The van der Waals surface area contributed by atoms with Gasteiger partial charge in [-0.3, -0.25) is 0 Å². The molecule has 0 heterocycles. The van der Waals surface area contributed by atoms with E-state index >= 15 is 0 Å². The van der Waals surface area contributed by atoms with Crippen LogP contribution >= 0.6 is 0 Å². The summed E-state index contributed by atoms with van der Waals surface area (Å²) in [5, 5.41) is 11.1. The molecule has 0 fully saturated rings. The highest BCUT2D eigenvalue weighted by atomic mass is 19.3. The van der Waals surface area contributed by atoms with Crippen LogP contribution in [0.2, 0.25) is 0 Å². The van der Waals surface area contributed by atoms with E-state index in [2.05, 4.69) is 5.32 Å². The van der Waals surface area contributed by atoms with Gasteiger partial charge >= 0.3 is 6.09 Å². The molecule has 1 amide bonds. The summed E-state index contributed by atoms with van der Waals surface area (Å²) in [6.45, 7) is 3.07. The molecule has 0 bridgehead atoms. The van der Waals surface area contributed by atoms with Crippen LogP contribution in [0.4, 0.5) is 18.0 Å². The molecular weight excluding hydrogens is 283 g/mol. The van der Waals surface area contributed by atoms with E-state index in [4.69, 9.17) is 5.11 Å². The Balaban J connectivity index is 3.00. The van der Waals surface area contributed by atoms with Gasteiger partial charge in [-0.2, -0.15) is 0 Å². The molecule has 0 spiro atoms. The van der Waals surface area contributed by atoms with Crippen molar-refractivity contribution in [3.63, 3.8) is 0 Å². The van der Waals surface area contributed by atoms with Gasteiger partial charge in [0.15, 0.2) is 0 Å². The van der Waals surface area contributed by atoms with Crippen LogP contribution < -0.4 is 5.32 Å². The zero-order chi connectivity index (χ0) is 16.1. The molecule has 0 radical (unpaired) electrons. The van der Waals surface area contributed by atoms with Crippen molar-refractivity contribution in [3.05, 3.63) is 35.6 Å². The third kappa shape index (κ3) is 4.95. The van der Waals surface area contributed by atoms with E-state index < -0.39 is 29.8 Å². The van der Waals surface area contributed by atoms with Crippen molar-refractivity contribution in [2.75, 3.05) is 0 Å². The van der Waals surface area contributed by atoms with Gasteiger partial charge in [-0.25, -0.2) is 18.0 Å². The topological polar surface area (TPSA) is 49.3 Å². The van der Waals surface area contributed by atoms with Gasteiger partial charge in [0.05, 0.1) is 5.54 Å². The van der Waals surface area contributed by atoms with E-state index in [1.807, 2.05) is 0 Å². The van der Waals surface area contributed by atoms with Gasteiger partial charge in [-0.1, -0.05) is 31.5 Å². The summed E-state index contributed by atoms with van der Waals surface area (Å²) in [5.74, 6) is -3.51. The fourth-order valence-electron chi connectivity index (χ4n) is 2.33. The molecule has 118 valence electrons. The number of hydrogen-bond donors (Lipinski definition) is 2. The Morgan fingerprint density at radius 2 is 1.86 bits per heavy atom. The van der Waals surface area contributed by atoms with Crippen molar-refractivity contribution in [2.45, 2.75) is 51.0 Å². The summed E-state index contributed by atoms with van der Waals surface area (Å²) in [5.41, 5.74) is -1.33. The van der Waals surface area contributed by atoms with Crippen LogP contribution in [0.3, 0.4) is 0 Å². The molecule has 0 saturated heterocycles. The minimum Gasteiger partial charge on any atom is -0.465 e. The average molecular weight is 303 g/mol. The Morgan fingerprint density at radius 1 is 1.24 bits per heavy atom. The monoisotopic (exact) mass is 303 g/mol. The van der Waals surface area contributed by atoms with Gasteiger partial charge in [0.1, 0.15) is 5.82 Å². The minimum atomic E-state index is -2.89. The minimum absolute atomic E-state index is 0.0692. The van der Waals surface area contributed by atoms with Crippen LogP contribution in [0, 0.1) is 5.82 Å². The second-order valence-corrected chi connectivity index (χ2v) is 5.35. The maximum Gasteiger partial charge on any atom is 0.405 e. The maximum atomic E-state index is 13.9. The molecule has 0 aliphatic carbocycles. The van der Waals surface area contributed by atoms with Crippen LogP contribution in [0.1, 0.15) is 45.1 Å². The van der Waals surface area contributed by atoms with Gasteiger partial charge < -0.3 is 10.4 Å². The molecule has 0 aromatic heterocycles. The van der Waals surface area contributed by atoms with Gasteiger partial charge in [-0.05, 0) is 19.4 Å². The Labute approximate surface area is 122 Å². The maximum absolute atomic E-state index is 13.9. The van der Waals surface area contributed by atoms with Crippen molar-refractivity contribution in [1.29, 1.82) is 0 Å². The van der Waals surface area contributed by atoms with Crippen LogP contribution in [0.15, 0.2) is 24.3 Å².